The van der Waals surface area contributed by atoms with Crippen LogP contribution in [0.4, 0.5) is 0 Å². The molecule has 0 bridgehead atoms. The number of rotatable bonds is 33. The molecule has 0 N–H and O–H groups in total. The zero-order valence-corrected chi connectivity index (χ0v) is 51.3. The first-order valence-electron chi connectivity index (χ1n) is 23.6. The quantitative estimate of drug-likeness (QED) is 0.0284. The predicted molar refractivity (Wildman–Crippen MR) is 286 cm³/mol. The van der Waals surface area contributed by atoms with Crippen molar-refractivity contribution in [2.75, 3.05) is 0 Å². The Balaban J connectivity index is -0.0000000749. The summed E-state index contributed by atoms with van der Waals surface area (Å²) in [6.45, 7) is 36.1. The van der Waals surface area contributed by atoms with E-state index < -0.39 is 5.97 Å². The summed E-state index contributed by atoms with van der Waals surface area (Å²) in [5.41, 5.74) is 0. The van der Waals surface area contributed by atoms with Crippen LogP contribution in [0.25, 0.3) is 0 Å². The number of carboxylic acids is 1. The number of Topliss-reactive ketones (excluding diaryl/α,β-unsaturated/α-hetero) is 2. The van der Waals surface area contributed by atoms with Crippen LogP contribution in [0.2, 0.25) is 0 Å². The Kier molecular flexibility index (Phi) is 125. The second kappa shape index (κ2) is 94.7. The third-order valence-electron chi connectivity index (χ3n) is 7.83. The Hall–Kier alpha value is -1.13. The maximum Gasteiger partial charge on any atom is 0.129 e. The van der Waals surface area contributed by atoms with E-state index in [1.165, 1.54) is 76.4 Å². The summed E-state index contributed by atoms with van der Waals surface area (Å²) in [6.07, 6.45) is 65.7. The van der Waals surface area contributed by atoms with Crippen LogP contribution in [0.15, 0.2) is 128 Å². The fraction of sp³-hybridized carbons (Fsp3) is 0.500. The maximum atomic E-state index is 10.7. The van der Waals surface area contributed by atoms with E-state index in [0.29, 0.717) is 19.3 Å². The van der Waals surface area contributed by atoms with Gasteiger partial charge in [0.2, 0.25) is 0 Å². The van der Waals surface area contributed by atoms with Gasteiger partial charge in [-0.15, -0.1) is 6.42 Å². The molecule has 7 heteroatoms. The molecule has 0 aromatic carbocycles. The zero-order chi connectivity index (χ0) is 48.6. The molecule has 0 saturated heterocycles. The van der Waals surface area contributed by atoms with Gasteiger partial charge in [-0.2, -0.15) is 31.1 Å². The molecule has 0 rings (SSSR count). The van der Waals surface area contributed by atoms with E-state index in [4.69, 9.17) is 19.7 Å². The largest absolute Gasteiger partial charge is 0.550 e. The predicted octanol–water partition coefficient (Wildman–Crippen LogP) is 17.4. The number of hydrogen-bond acceptors (Lipinski definition) is 4. The number of aliphatic carboxylic acids is 1. The van der Waals surface area contributed by atoms with Gasteiger partial charge in [-0.25, -0.2) is 55.5 Å². The molecule has 3 radical (unpaired) electrons. The average Bonchev–Trinajstić information content (AvgIpc) is 3.26. The van der Waals surface area contributed by atoms with Crippen molar-refractivity contribution < 1.29 is 118 Å². The summed E-state index contributed by atoms with van der Waals surface area (Å²) >= 11 is 0. The van der Waals surface area contributed by atoms with Crippen LogP contribution >= 0.6 is 0 Å². The minimum Gasteiger partial charge on any atom is -0.550 e. The SMILES string of the molecule is C.[CH-]=C/C=C\C/C=C\C/C=C\CCCC(C)=O.[CH-]=C/C=C\C/C=C\C/C=C\CCCCC.[CH-]=C/C=C\C/C=C\CCCC(=O)[O-].[CH2-]/C=C\CCCCC.[CH2-]CCC(C)=O.[CH2-]CCCC.[Y].[Y].[Y]. The molecule has 0 aliphatic carbocycles. The molecule has 0 saturated carbocycles. The third-order valence-corrected chi connectivity index (χ3v) is 7.83. The third kappa shape index (κ3) is 133. The molecule has 0 spiro atoms. The molecule has 0 heterocycles. The van der Waals surface area contributed by atoms with E-state index in [-0.39, 0.29) is 124 Å². The van der Waals surface area contributed by atoms with E-state index in [1.54, 1.807) is 26.0 Å². The first-order chi connectivity index (χ1) is 30.6. The topological polar surface area (TPSA) is 74.3 Å². The van der Waals surface area contributed by atoms with Gasteiger partial charge in [0, 0.05) is 111 Å². The maximum absolute atomic E-state index is 10.7. The van der Waals surface area contributed by atoms with Crippen LogP contribution in [0.5, 0.6) is 0 Å². The summed E-state index contributed by atoms with van der Waals surface area (Å²) in [5, 5.41) is 10.0. The van der Waals surface area contributed by atoms with Gasteiger partial charge in [-0.05, 0) is 97.3 Å². The average molecular weight is 1150 g/mol. The molecule has 67 heavy (non-hydrogen) atoms. The number of carbonyl (C=O) groups excluding carboxylic acids is 3. The van der Waals surface area contributed by atoms with Crippen LogP contribution in [0.1, 0.15) is 196 Å². The molecule has 0 aliphatic heterocycles. The number of allylic oxidation sites excluding steroid dienone is 21. The fourth-order valence-corrected chi connectivity index (χ4v) is 4.37. The van der Waals surface area contributed by atoms with Gasteiger partial charge in [0.25, 0.3) is 0 Å². The van der Waals surface area contributed by atoms with Gasteiger partial charge >= 0.3 is 0 Å². The Labute approximate surface area is 493 Å². The van der Waals surface area contributed by atoms with Crippen molar-refractivity contribution in [1.82, 2.24) is 0 Å². The molecular weight excluding hydrogens is 1050 g/mol. The second-order valence-corrected chi connectivity index (χ2v) is 14.2. The summed E-state index contributed by atoms with van der Waals surface area (Å²) in [6, 6.07) is 0. The van der Waals surface area contributed by atoms with Crippen LogP contribution in [0.3, 0.4) is 0 Å². The Morgan fingerprint density at radius 3 is 1.00 bits per heavy atom. The van der Waals surface area contributed by atoms with Crippen molar-refractivity contribution in [3.63, 3.8) is 0 Å². The van der Waals surface area contributed by atoms with E-state index in [2.05, 4.69) is 96.2 Å². The number of carbonyl (C=O) groups is 3. The monoisotopic (exact) mass is 1150 g/mol. The normalized spacial score (nSPS) is 10.3. The summed E-state index contributed by atoms with van der Waals surface area (Å²) in [4.78, 5) is 30.7. The standard InChI is InChI=1S/C15H21O.C15H23.C11H15O2.C8H15.C5H9O.C5H11.CH4.3Y/c1-3-4-5-6-7-8-9-10-11-12-13-14-15(2)16;1-3-5-7-9-11-13-15-14-12-10-8-6-4-2;1-2-3-4-5-6-7-8-9-10-11(12)13;1-3-5-7-8-6-4-2;1-3-4-5(2)6;1-3-5-4-2;;;;/h1,3-5,7-8,10-11H,6,9,12-14H2,2H3;1,3,5,7,11-14H,4,6,8-10,15H2,2H3;1-4,6-7H,5,8-10H2,(H,12,13);3,5H,1,4,6-8H2,2H3;1,3-4H2,2H3;1,3-5H2,2H3;1H4;;;/q6*-1;;;;/p-1/b5-4-,8-7-,11-10-;7-5-,13-11-,14-12-;4-3-,7-6-;5-3-;;;;;;. The molecule has 0 aliphatic rings. The molecule has 0 aromatic heterocycles. The van der Waals surface area contributed by atoms with Gasteiger partial charge in [-0.3, -0.25) is 19.7 Å². The fourth-order valence-electron chi connectivity index (χ4n) is 4.37. The summed E-state index contributed by atoms with van der Waals surface area (Å²) in [7, 11) is 0. The van der Waals surface area contributed by atoms with E-state index in [9.17, 15) is 19.5 Å². The van der Waals surface area contributed by atoms with E-state index in [0.717, 1.165) is 64.2 Å². The van der Waals surface area contributed by atoms with Crippen molar-refractivity contribution in [3.8, 4) is 0 Å². The molecule has 4 nitrogen and oxygen atoms in total. The molecule has 0 unspecified atom stereocenters. The summed E-state index contributed by atoms with van der Waals surface area (Å²) in [5.74, 6) is -0.479. The van der Waals surface area contributed by atoms with Gasteiger partial charge in [0.1, 0.15) is 11.6 Å². The Morgan fingerprint density at radius 1 is 0.433 bits per heavy atom. The number of hydrogen-bond donors (Lipinski definition) is 0. The minimum absolute atomic E-state index is 0. The summed E-state index contributed by atoms with van der Waals surface area (Å²) < 4.78 is 0. The minimum atomic E-state index is -0.981. The smallest absolute Gasteiger partial charge is 0.129 e. The molecule has 0 amide bonds. The molecular formula is C60H97O4Y3-7. The van der Waals surface area contributed by atoms with E-state index >= 15 is 0 Å². The first kappa shape index (κ1) is 88.8. The number of unbranched alkanes of at least 4 members (excludes halogenated alkanes) is 10. The Bertz CT molecular complexity index is 1250. The van der Waals surface area contributed by atoms with Crippen LogP contribution in [-0.4, -0.2) is 17.5 Å². The van der Waals surface area contributed by atoms with E-state index in [1.807, 2.05) is 48.6 Å². The van der Waals surface area contributed by atoms with Crippen LogP contribution in [0, 0.1) is 40.5 Å². The van der Waals surface area contributed by atoms with Gasteiger partial charge < -0.3 is 33.3 Å². The van der Waals surface area contributed by atoms with Crippen molar-refractivity contribution in [1.29, 1.82) is 0 Å². The van der Waals surface area contributed by atoms with Crippen molar-refractivity contribution in [3.05, 3.63) is 168 Å². The molecule has 0 fully saturated rings. The number of ketones is 2. The van der Waals surface area contributed by atoms with Crippen molar-refractivity contribution in [2.45, 2.75) is 196 Å². The van der Waals surface area contributed by atoms with Gasteiger partial charge in [0.05, 0.1) is 0 Å². The Morgan fingerprint density at radius 2 is 0.746 bits per heavy atom. The zero-order valence-electron chi connectivity index (χ0n) is 42.8. The molecule has 377 valence electrons. The van der Waals surface area contributed by atoms with Gasteiger partial charge in [-0.1, -0.05) is 134 Å². The van der Waals surface area contributed by atoms with Crippen molar-refractivity contribution in [2.24, 2.45) is 0 Å². The van der Waals surface area contributed by atoms with Gasteiger partial charge in [0.15, 0.2) is 0 Å². The van der Waals surface area contributed by atoms with Crippen LogP contribution in [-0.2, 0) is 113 Å². The van der Waals surface area contributed by atoms with Crippen LogP contribution < -0.4 is 5.11 Å². The molecule has 0 atom stereocenters. The van der Waals surface area contributed by atoms with Crippen molar-refractivity contribution >= 4 is 17.5 Å². The number of carboxylic acid groups (broad SMARTS) is 1. The second-order valence-electron chi connectivity index (χ2n) is 14.2. The first-order valence-corrected chi connectivity index (χ1v) is 23.6. The molecule has 0 aromatic rings.